The van der Waals surface area contributed by atoms with Crippen LogP contribution < -0.4 is 5.56 Å². The Kier molecular flexibility index (Phi) is 6.91. The molecule has 1 atom stereocenters. The van der Waals surface area contributed by atoms with Crippen LogP contribution in [0.2, 0.25) is 0 Å². The molecule has 0 aliphatic rings. The number of aromatic amines is 1. The highest BCUT2D eigenvalue weighted by molar-refractivity contribution is 5.79. The maximum absolute atomic E-state index is 13.7. The lowest BCUT2D eigenvalue weighted by atomic mass is 9.99. The minimum absolute atomic E-state index is 0.202. The molecule has 0 saturated heterocycles. The fourth-order valence-corrected chi connectivity index (χ4v) is 4.77. The van der Waals surface area contributed by atoms with Gasteiger partial charge in [-0.2, -0.15) is 0 Å². The Bertz CT molecular complexity index is 1600. The lowest BCUT2D eigenvalue weighted by molar-refractivity contribution is 0.184. The fourth-order valence-electron chi connectivity index (χ4n) is 4.77. The number of H-pyrrole nitrogens is 1. The molecule has 0 aliphatic carbocycles. The maximum Gasteiger partial charge on any atom is 0.253 e. The molecule has 0 unspecified atom stereocenters. The van der Waals surface area contributed by atoms with E-state index in [4.69, 9.17) is 0 Å². The normalized spacial score (nSPS) is 12.8. The van der Waals surface area contributed by atoms with Crippen LogP contribution in [-0.2, 0) is 18.6 Å². The van der Waals surface area contributed by atoms with E-state index >= 15 is 0 Å². The first kappa shape index (κ1) is 25.5. The van der Waals surface area contributed by atoms with Crippen LogP contribution in [0.5, 0.6) is 0 Å². The van der Waals surface area contributed by atoms with Crippen molar-refractivity contribution in [2.24, 2.45) is 0 Å². The van der Waals surface area contributed by atoms with Gasteiger partial charge >= 0.3 is 0 Å². The summed E-state index contributed by atoms with van der Waals surface area (Å²) in [5, 5.41) is 13.7. The van der Waals surface area contributed by atoms with Crippen LogP contribution >= 0.6 is 0 Å². The van der Waals surface area contributed by atoms with E-state index in [9.17, 15) is 9.18 Å². The molecule has 0 bridgehead atoms. The van der Waals surface area contributed by atoms with Crippen LogP contribution in [-0.4, -0.2) is 30.1 Å². The third kappa shape index (κ3) is 5.40. The molecule has 0 aliphatic heterocycles. The van der Waals surface area contributed by atoms with Gasteiger partial charge in [-0.3, -0.25) is 9.69 Å². The molecular formula is C30H31FN6O. The summed E-state index contributed by atoms with van der Waals surface area (Å²) in [5.74, 6) is 0.269. The summed E-state index contributed by atoms with van der Waals surface area (Å²) in [6, 6.07) is 23.8. The summed E-state index contributed by atoms with van der Waals surface area (Å²) in [6.45, 7) is 9.07. The number of pyridine rings is 1. The Labute approximate surface area is 220 Å². The van der Waals surface area contributed by atoms with Crippen molar-refractivity contribution in [1.82, 2.24) is 30.1 Å². The van der Waals surface area contributed by atoms with E-state index in [0.717, 1.165) is 27.6 Å². The number of hydrogen-bond donors (Lipinski definition) is 1. The Morgan fingerprint density at radius 3 is 2.32 bits per heavy atom. The summed E-state index contributed by atoms with van der Waals surface area (Å²) in [5.41, 5.74) is 3.77. The van der Waals surface area contributed by atoms with Crippen LogP contribution in [0.4, 0.5) is 4.39 Å². The van der Waals surface area contributed by atoms with Crippen molar-refractivity contribution in [2.75, 3.05) is 0 Å². The average molecular weight is 511 g/mol. The van der Waals surface area contributed by atoms with Gasteiger partial charge in [0, 0.05) is 24.2 Å². The Morgan fingerprint density at radius 1 is 0.947 bits per heavy atom. The molecule has 5 aromatic rings. The van der Waals surface area contributed by atoms with E-state index in [-0.39, 0.29) is 11.4 Å². The third-order valence-corrected chi connectivity index (χ3v) is 6.59. The van der Waals surface area contributed by atoms with Gasteiger partial charge in [0.25, 0.3) is 5.56 Å². The first-order chi connectivity index (χ1) is 18.2. The highest BCUT2D eigenvalue weighted by Crippen LogP contribution is 2.32. The smallest absolute Gasteiger partial charge is 0.253 e. The number of aromatic nitrogens is 5. The minimum Gasteiger partial charge on any atom is -0.322 e. The number of fused-ring (bicyclic) bond motifs is 1. The number of nitrogens with zero attached hydrogens (tertiary/aromatic N) is 5. The second-order valence-electron chi connectivity index (χ2n) is 10.7. The predicted octanol–water partition coefficient (Wildman–Crippen LogP) is 5.51. The van der Waals surface area contributed by atoms with Gasteiger partial charge in [-0.05, 0) is 85.0 Å². The zero-order valence-electron chi connectivity index (χ0n) is 22.0. The first-order valence-corrected chi connectivity index (χ1v) is 12.6. The molecule has 8 heteroatoms. The molecule has 0 amide bonds. The standard InChI is InChI=1S/C30H31FN6O/c1-20-10-15-26-23(16-20)17-25(29(38)32-26)27(28-33-34-35-37(28)30(2,3)4)36(18-21-8-6-5-7-9-21)19-22-11-13-24(31)14-12-22/h5-17,27H,18-19H2,1-4H3,(H,32,38)/t27-/m0/s1. The fraction of sp³-hybridized carbons (Fsp3) is 0.267. The summed E-state index contributed by atoms with van der Waals surface area (Å²) >= 11 is 0. The quantitative estimate of drug-likeness (QED) is 0.312. The summed E-state index contributed by atoms with van der Waals surface area (Å²) < 4.78 is 15.5. The summed E-state index contributed by atoms with van der Waals surface area (Å²) in [7, 11) is 0. The molecule has 7 nitrogen and oxygen atoms in total. The molecule has 5 rings (SSSR count). The van der Waals surface area contributed by atoms with Crippen molar-refractivity contribution in [3.8, 4) is 0 Å². The van der Waals surface area contributed by atoms with Crippen molar-refractivity contribution >= 4 is 10.9 Å². The second-order valence-corrected chi connectivity index (χ2v) is 10.7. The lowest BCUT2D eigenvalue weighted by Crippen LogP contribution is -2.37. The molecule has 0 fully saturated rings. The monoisotopic (exact) mass is 510 g/mol. The first-order valence-electron chi connectivity index (χ1n) is 12.6. The molecular weight excluding hydrogens is 479 g/mol. The van der Waals surface area contributed by atoms with Crippen molar-refractivity contribution < 1.29 is 4.39 Å². The Morgan fingerprint density at radius 2 is 1.63 bits per heavy atom. The Hall–Kier alpha value is -4.17. The van der Waals surface area contributed by atoms with Crippen molar-refractivity contribution in [1.29, 1.82) is 0 Å². The molecule has 38 heavy (non-hydrogen) atoms. The van der Waals surface area contributed by atoms with Gasteiger partial charge < -0.3 is 4.98 Å². The van der Waals surface area contributed by atoms with Gasteiger partial charge in [0.2, 0.25) is 0 Å². The average Bonchev–Trinajstić information content (AvgIpc) is 3.37. The third-order valence-electron chi connectivity index (χ3n) is 6.59. The van der Waals surface area contributed by atoms with Crippen LogP contribution in [0.25, 0.3) is 10.9 Å². The van der Waals surface area contributed by atoms with E-state index < -0.39 is 11.6 Å². The van der Waals surface area contributed by atoms with E-state index in [1.165, 1.54) is 12.1 Å². The van der Waals surface area contributed by atoms with Crippen LogP contribution in [0.1, 0.15) is 54.9 Å². The number of tetrazole rings is 1. The number of benzene rings is 3. The van der Waals surface area contributed by atoms with E-state index in [2.05, 4.69) is 43.6 Å². The maximum atomic E-state index is 13.7. The van der Waals surface area contributed by atoms with Crippen molar-refractivity contribution in [3.63, 3.8) is 0 Å². The van der Waals surface area contributed by atoms with Gasteiger partial charge in [0.05, 0.1) is 5.54 Å². The van der Waals surface area contributed by atoms with E-state index in [0.29, 0.717) is 24.5 Å². The van der Waals surface area contributed by atoms with Crippen molar-refractivity contribution in [2.45, 2.75) is 52.4 Å². The second kappa shape index (κ2) is 10.3. The molecule has 2 heterocycles. The highest BCUT2D eigenvalue weighted by atomic mass is 19.1. The van der Waals surface area contributed by atoms with Gasteiger partial charge in [-0.1, -0.05) is 54.1 Å². The van der Waals surface area contributed by atoms with Crippen molar-refractivity contribution in [3.05, 3.63) is 123 Å². The number of nitrogens with one attached hydrogen (secondary N) is 1. The van der Waals surface area contributed by atoms with Crippen LogP contribution in [0.3, 0.4) is 0 Å². The van der Waals surface area contributed by atoms with Crippen LogP contribution in [0.15, 0.2) is 83.7 Å². The van der Waals surface area contributed by atoms with Crippen LogP contribution in [0, 0.1) is 12.7 Å². The number of halogens is 1. The molecule has 2 aromatic heterocycles. The Balaban J connectivity index is 1.73. The highest BCUT2D eigenvalue weighted by Gasteiger charge is 2.33. The topological polar surface area (TPSA) is 79.7 Å². The van der Waals surface area contributed by atoms with E-state index in [1.807, 2.05) is 64.1 Å². The number of aryl methyl sites for hydroxylation is 1. The molecule has 1 N–H and O–H groups in total. The summed E-state index contributed by atoms with van der Waals surface area (Å²) in [4.78, 5) is 18.9. The van der Waals surface area contributed by atoms with Gasteiger partial charge in [0.1, 0.15) is 11.9 Å². The number of rotatable bonds is 7. The van der Waals surface area contributed by atoms with E-state index in [1.54, 1.807) is 16.8 Å². The SMILES string of the molecule is Cc1ccc2[nH]c(=O)c([C@@H](c3nnnn3C(C)(C)C)N(Cc3ccccc3)Cc3ccc(F)cc3)cc2c1. The largest absolute Gasteiger partial charge is 0.322 e. The number of hydrogen-bond acceptors (Lipinski definition) is 5. The van der Waals surface area contributed by atoms with Gasteiger partial charge in [-0.15, -0.1) is 5.10 Å². The molecule has 0 saturated carbocycles. The zero-order chi connectivity index (χ0) is 26.9. The van der Waals surface area contributed by atoms with Gasteiger partial charge in [-0.25, -0.2) is 9.07 Å². The molecule has 0 radical (unpaired) electrons. The van der Waals surface area contributed by atoms with Gasteiger partial charge in [0.15, 0.2) is 5.82 Å². The molecule has 0 spiro atoms. The lowest BCUT2D eigenvalue weighted by Gasteiger charge is -2.33. The molecule has 3 aromatic carbocycles. The predicted molar refractivity (Wildman–Crippen MR) is 146 cm³/mol. The minimum atomic E-state index is -0.580. The molecule has 194 valence electrons. The zero-order valence-corrected chi connectivity index (χ0v) is 22.0. The summed E-state index contributed by atoms with van der Waals surface area (Å²) in [6.07, 6.45) is 0.